The Morgan fingerprint density at radius 2 is 2.40 bits per heavy atom. The predicted molar refractivity (Wildman–Crippen MR) is 79.3 cm³/mol. The number of carbonyl (C=O) groups excluding carboxylic acids is 1. The van der Waals surface area contributed by atoms with Crippen LogP contribution in [0.2, 0.25) is 0 Å². The summed E-state index contributed by atoms with van der Waals surface area (Å²) in [5.74, 6) is 0.126. The molecular weight excluding hydrogens is 252 g/mol. The number of hydrogen-bond acceptors (Lipinski definition) is 3. The number of aromatic nitrogens is 2. The van der Waals surface area contributed by atoms with Gasteiger partial charge in [-0.3, -0.25) is 14.4 Å². The van der Waals surface area contributed by atoms with E-state index >= 15 is 0 Å². The van der Waals surface area contributed by atoms with Crippen molar-refractivity contribution in [3.8, 4) is 0 Å². The zero-order valence-corrected chi connectivity index (χ0v) is 12.4. The highest BCUT2D eigenvalue weighted by Gasteiger charge is 2.28. The van der Waals surface area contributed by atoms with Gasteiger partial charge in [-0.1, -0.05) is 12.5 Å². The Balaban J connectivity index is 2.10. The first-order chi connectivity index (χ1) is 9.65. The summed E-state index contributed by atoms with van der Waals surface area (Å²) < 4.78 is 1.90. The lowest BCUT2D eigenvalue weighted by Gasteiger charge is -2.34. The molecule has 0 aromatic carbocycles. The van der Waals surface area contributed by atoms with Crippen LogP contribution < -0.4 is 5.32 Å². The molecule has 1 fully saturated rings. The highest BCUT2D eigenvalue weighted by Crippen LogP contribution is 2.20. The van der Waals surface area contributed by atoms with Crippen molar-refractivity contribution >= 4 is 5.91 Å². The molecule has 1 N–H and O–H groups in total. The second-order valence-electron chi connectivity index (χ2n) is 5.35. The van der Waals surface area contributed by atoms with E-state index in [1.807, 2.05) is 17.7 Å². The molecular formula is C15H24N4O. The largest absolute Gasteiger partial charge is 0.358 e. The summed E-state index contributed by atoms with van der Waals surface area (Å²) >= 11 is 0. The van der Waals surface area contributed by atoms with Crippen LogP contribution in [0.15, 0.2) is 18.9 Å². The third-order valence-electron chi connectivity index (χ3n) is 3.90. The number of nitrogens with one attached hydrogen (secondary N) is 1. The van der Waals surface area contributed by atoms with Crippen LogP contribution >= 0.6 is 0 Å². The molecule has 1 aromatic rings. The van der Waals surface area contributed by atoms with Crippen LogP contribution in [0.5, 0.6) is 0 Å². The zero-order chi connectivity index (χ0) is 14.5. The highest BCUT2D eigenvalue weighted by molar-refractivity contribution is 5.81. The molecule has 2 rings (SSSR count). The van der Waals surface area contributed by atoms with Gasteiger partial charge in [0.05, 0.1) is 18.3 Å². The van der Waals surface area contributed by atoms with Crippen LogP contribution in [-0.2, 0) is 17.9 Å². The van der Waals surface area contributed by atoms with Crippen LogP contribution in [0, 0.1) is 6.92 Å². The average molecular weight is 276 g/mol. The van der Waals surface area contributed by atoms with E-state index in [-0.39, 0.29) is 11.9 Å². The number of nitrogens with zero attached hydrogens (tertiary/aromatic N) is 3. The number of rotatable bonds is 5. The smallest absolute Gasteiger partial charge is 0.237 e. The third-order valence-corrected chi connectivity index (χ3v) is 3.90. The number of amides is 1. The van der Waals surface area contributed by atoms with Gasteiger partial charge in [-0.15, -0.1) is 6.58 Å². The highest BCUT2D eigenvalue weighted by atomic mass is 16.2. The normalized spacial score (nSPS) is 19.8. The zero-order valence-electron chi connectivity index (χ0n) is 12.4. The molecule has 20 heavy (non-hydrogen) atoms. The number of aryl methyl sites for hydroxylation is 1. The topological polar surface area (TPSA) is 50.2 Å². The maximum atomic E-state index is 12.0. The summed E-state index contributed by atoms with van der Waals surface area (Å²) in [6, 6.07) is -0.00379. The van der Waals surface area contributed by atoms with Gasteiger partial charge in [-0.25, -0.2) is 0 Å². The Morgan fingerprint density at radius 3 is 3.10 bits per heavy atom. The number of allylic oxidation sites excluding steroid dienone is 1. The van der Waals surface area contributed by atoms with E-state index in [0.717, 1.165) is 44.6 Å². The molecule has 1 aromatic heterocycles. The van der Waals surface area contributed by atoms with Crippen LogP contribution in [-0.4, -0.2) is 40.2 Å². The molecule has 0 radical (unpaired) electrons. The molecule has 5 nitrogen and oxygen atoms in total. The Hall–Kier alpha value is -1.62. The van der Waals surface area contributed by atoms with E-state index in [0.29, 0.717) is 0 Å². The summed E-state index contributed by atoms with van der Waals surface area (Å²) in [7, 11) is 1.71. The van der Waals surface area contributed by atoms with E-state index < -0.39 is 0 Å². The Bertz CT molecular complexity index is 480. The molecule has 1 saturated heterocycles. The quantitative estimate of drug-likeness (QED) is 0.829. The molecule has 0 aliphatic carbocycles. The number of hydrogen-bond donors (Lipinski definition) is 1. The summed E-state index contributed by atoms with van der Waals surface area (Å²) in [6.45, 7) is 8.25. The van der Waals surface area contributed by atoms with E-state index in [4.69, 9.17) is 0 Å². The molecule has 1 amide bonds. The minimum Gasteiger partial charge on any atom is -0.358 e. The van der Waals surface area contributed by atoms with Gasteiger partial charge in [-0.2, -0.15) is 5.10 Å². The predicted octanol–water partition coefficient (Wildman–Crippen LogP) is 1.48. The molecule has 1 aliphatic rings. The molecule has 0 unspecified atom stereocenters. The summed E-state index contributed by atoms with van der Waals surface area (Å²) in [5, 5.41) is 7.25. The van der Waals surface area contributed by atoms with Crippen molar-refractivity contribution in [2.45, 2.75) is 45.3 Å². The SMILES string of the molecule is C=CCn1cc(CN2CCCC[C@H]2C(=O)NC)c(C)n1. The molecule has 1 atom stereocenters. The van der Waals surface area contributed by atoms with Crippen molar-refractivity contribution in [1.82, 2.24) is 20.0 Å². The minimum atomic E-state index is -0.00379. The maximum Gasteiger partial charge on any atom is 0.237 e. The molecule has 0 bridgehead atoms. The van der Waals surface area contributed by atoms with Gasteiger partial charge in [-0.05, 0) is 26.3 Å². The summed E-state index contributed by atoms with van der Waals surface area (Å²) in [4.78, 5) is 14.2. The van der Waals surface area contributed by atoms with Crippen LogP contribution in [0.1, 0.15) is 30.5 Å². The summed E-state index contributed by atoms with van der Waals surface area (Å²) in [6.07, 6.45) is 7.13. The maximum absolute atomic E-state index is 12.0. The van der Waals surface area contributed by atoms with Crippen molar-refractivity contribution < 1.29 is 4.79 Å². The van der Waals surface area contributed by atoms with Gasteiger partial charge in [0, 0.05) is 25.4 Å². The van der Waals surface area contributed by atoms with Gasteiger partial charge in [0.15, 0.2) is 0 Å². The van der Waals surface area contributed by atoms with Gasteiger partial charge in [0.2, 0.25) is 5.91 Å². The van der Waals surface area contributed by atoms with Gasteiger partial charge in [0.1, 0.15) is 0 Å². The fourth-order valence-corrected chi connectivity index (χ4v) is 2.80. The van der Waals surface area contributed by atoms with Crippen LogP contribution in [0.25, 0.3) is 0 Å². The first kappa shape index (κ1) is 14.8. The van der Waals surface area contributed by atoms with Gasteiger partial charge >= 0.3 is 0 Å². The number of likely N-dealkylation sites (N-methyl/N-ethyl adjacent to an activating group) is 1. The lowest BCUT2D eigenvalue weighted by Crippen LogP contribution is -2.48. The fraction of sp³-hybridized carbons (Fsp3) is 0.600. The van der Waals surface area contributed by atoms with Crippen molar-refractivity contribution in [2.75, 3.05) is 13.6 Å². The van der Waals surface area contributed by atoms with Crippen molar-refractivity contribution in [3.05, 3.63) is 30.1 Å². The van der Waals surface area contributed by atoms with Gasteiger partial charge in [0.25, 0.3) is 0 Å². The Labute approximate surface area is 120 Å². The number of piperidine rings is 1. The van der Waals surface area contributed by atoms with E-state index in [2.05, 4.69) is 28.1 Å². The molecule has 0 saturated carbocycles. The van der Waals surface area contributed by atoms with E-state index in [9.17, 15) is 4.79 Å². The fourth-order valence-electron chi connectivity index (χ4n) is 2.80. The average Bonchev–Trinajstić information content (AvgIpc) is 2.79. The standard InChI is InChI=1S/C15H24N4O/c1-4-8-19-11-13(12(2)17-19)10-18-9-6-5-7-14(18)15(20)16-3/h4,11,14H,1,5-10H2,2-3H3,(H,16,20)/t14-/m0/s1. The first-order valence-corrected chi connectivity index (χ1v) is 7.25. The van der Waals surface area contributed by atoms with E-state index in [1.165, 1.54) is 5.56 Å². The van der Waals surface area contributed by atoms with Crippen molar-refractivity contribution in [3.63, 3.8) is 0 Å². The lowest BCUT2D eigenvalue weighted by atomic mass is 10.0. The molecule has 0 spiro atoms. The number of likely N-dealkylation sites (tertiary alicyclic amines) is 1. The second kappa shape index (κ2) is 6.70. The van der Waals surface area contributed by atoms with Crippen LogP contribution in [0.4, 0.5) is 0 Å². The molecule has 5 heteroatoms. The Morgan fingerprint density at radius 1 is 1.60 bits per heavy atom. The molecule has 2 heterocycles. The van der Waals surface area contributed by atoms with Crippen molar-refractivity contribution in [2.24, 2.45) is 0 Å². The lowest BCUT2D eigenvalue weighted by molar-refractivity contribution is -0.127. The van der Waals surface area contributed by atoms with Crippen molar-refractivity contribution in [1.29, 1.82) is 0 Å². The first-order valence-electron chi connectivity index (χ1n) is 7.25. The van der Waals surface area contributed by atoms with E-state index in [1.54, 1.807) is 7.05 Å². The van der Waals surface area contributed by atoms with Crippen LogP contribution in [0.3, 0.4) is 0 Å². The summed E-state index contributed by atoms with van der Waals surface area (Å²) in [5.41, 5.74) is 2.23. The monoisotopic (exact) mass is 276 g/mol. The molecule has 1 aliphatic heterocycles. The third kappa shape index (κ3) is 3.28. The van der Waals surface area contributed by atoms with Gasteiger partial charge < -0.3 is 5.32 Å². The minimum absolute atomic E-state index is 0.00379. The number of carbonyl (C=O) groups is 1. The Kier molecular flexibility index (Phi) is 4.95. The second-order valence-corrected chi connectivity index (χ2v) is 5.35. The molecule has 110 valence electrons.